The summed E-state index contributed by atoms with van der Waals surface area (Å²) in [6.45, 7) is 3.49. The Hall–Kier alpha value is -4.59. The van der Waals surface area contributed by atoms with Gasteiger partial charge in [0.15, 0.2) is 5.70 Å². The second-order valence-electron chi connectivity index (χ2n) is 7.42. The molecule has 0 fully saturated rings. The number of rotatable bonds is 5. The average Bonchev–Trinajstić information content (AvgIpc) is 3.15. The van der Waals surface area contributed by atoms with Gasteiger partial charge >= 0.3 is 11.9 Å². The Balaban J connectivity index is 1.50. The number of nitro benzene ring substituents is 1. The lowest BCUT2D eigenvalue weighted by atomic mass is 10.1. The van der Waals surface area contributed by atoms with E-state index in [0.717, 1.165) is 5.56 Å². The van der Waals surface area contributed by atoms with Gasteiger partial charge in [-0.2, -0.15) is 0 Å². The molecule has 3 aromatic rings. The number of carbonyl (C=O) groups is 2. The first-order valence-corrected chi connectivity index (χ1v) is 9.97. The first-order valence-electron chi connectivity index (χ1n) is 9.97. The predicted molar refractivity (Wildman–Crippen MR) is 121 cm³/mol. The van der Waals surface area contributed by atoms with Gasteiger partial charge in [0.2, 0.25) is 5.90 Å². The molecule has 0 radical (unpaired) electrons. The quantitative estimate of drug-likeness (QED) is 0.185. The lowest BCUT2D eigenvalue weighted by Gasteiger charge is -2.05. The minimum Gasteiger partial charge on any atom is -0.423 e. The standard InChI is InChI=1S/C25H18N2O6/c1-15-4-3-5-19(12-15)24(28)32-20-9-6-17(7-10-20)14-21-25(29)33-23(26-21)18-8-11-22(27(30)31)16(2)13-18/h3-14H,1-2H3/b21-14-. The van der Waals surface area contributed by atoms with E-state index in [1.165, 1.54) is 12.1 Å². The highest BCUT2D eigenvalue weighted by molar-refractivity contribution is 6.13. The molecule has 1 aliphatic rings. The third-order valence-corrected chi connectivity index (χ3v) is 4.91. The minimum atomic E-state index is -0.629. The molecule has 0 aromatic heterocycles. The fraction of sp³-hybridized carbons (Fsp3) is 0.0800. The number of hydrogen-bond donors (Lipinski definition) is 0. The van der Waals surface area contributed by atoms with Gasteiger partial charge in [-0.05, 0) is 61.9 Å². The molecule has 1 aliphatic heterocycles. The summed E-state index contributed by atoms with van der Waals surface area (Å²) in [6.07, 6.45) is 1.54. The van der Waals surface area contributed by atoms with Gasteiger partial charge in [-0.3, -0.25) is 10.1 Å². The normalized spacial score (nSPS) is 14.1. The van der Waals surface area contributed by atoms with E-state index in [1.54, 1.807) is 61.5 Å². The summed E-state index contributed by atoms with van der Waals surface area (Å²) in [7, 11) is 0. The van der Waals surface area contributed by atoms with Gasteiger partial charge in [0.05, 0.1) is 10.5 Å². The SMILES string of the molecule is Cc1cccc(C(=O)Oc2ccc(/C=C3\N=C(c4ccc([N+](=O)[O-])c(C)c4)OC3=O)cc2)c1. The number of aliphatic imine (C=N–C) groups is 1. The maximum atomic E-state index is 12.3. The van der Waals surface area contributed by atoms with Crippen LogP contribution in [-0.2, 0) is 9.53 Å². The highest BCUT2D eigenvalue weighted by atomic mass is 16.6. The molecule has 0 unspecified atom stereocenters. The van der Waals surface area contributed by atoms with Crippen LogP contribution in [0.5, 0.6) is 5.75 Å². The fourth-order valence-electron chi connectivity index (χ4n) is 3.25. The van der Waals surface area contributed by atoms with E-state index in [-0.39, 0.29) is 17.3 Å². The minimum absolute atomic E-state index is 0.0253. The van der Waals surface area contributed by atoms with Crippen molar-refractivity contribution in [2.75, 3.05) is 0 Å². The molecular formula is C25H18N2O6. The second kappa shape index (κ2) is 8.88. The van der Waals surface area contributed by atoms with Crippen molar-refractivity contribution < 1.29 is 24.0 Å². The van der Waals surface area contributed by atoms with Gasteiger partial charge in [0.1, 0.15) is 5.75 Å². The van der Waals surface area contributed by atoms with Crippen LogP contribution >= 0.6 is 0 Å². The molecule has 3 aromatic carbocycles. The van der Waals surface area contributed by atoms with Gasteiger partial charge in [-0.15, -0.1) is 0 Å². The summed E-state index contributed by atoms with van der Waals surface area (Å²) in [6, 6.07) is 18.1. The lowest BCUT2D eigenvalue weighted by Crippen LogP contribution is -2.08. The van der Waals surface area contributed by atoms with Crippen LogP contribution in [0.15, 0.2) is 77.4 Å². The number of hydrogen-bond acceptors (Lipinski definition) is 7. The lowest BCUT2D eigenvalue weighted by molar-refractivity contribution is -0.385. The number of esters is 2. The van der Waals surface area contributed by atoms with E-state index in [1.807, 2.05) is 13.0 Å². The van der Waals surface area contributed by atoms with Gasteiger partial charge in [-0.25, -0.2) is 14.6 Å². The Morgan fingerprint density at radius 3 is 2.48 bits per heavy atom. The molecule has 8 heteroatoms. The average molecular weight is 442 g/mol. The van der Waals surface area contributed by atoms with Gasteiger partial charge < -0.3 is 9.47 Å². The van der Waals surface area contributed by atoms with Crippen LogP contribution in [0.2, 0.25) is 0 Å². The molecule has 0 saturated carbocycles. The van der Waals surface area contributed by atoms with Gasteiger partial charge in [0.25, 0.3) is 5.69 Å². The molecule has 0 saturated heterocycles. The Kier molecular flexibility index (Phi) is 5.82. The Morgan fingerprint density at radius 1 is 1.06 bits per heavy atom. The molecular weight excluding hydrogens is 424 g/mol. The molecule has 0 spiro atoms. The van der Waals surface area contributed by atoms with Crippen LogP contribution in [0.4, 0.5) is 5.69 Å². The summed E-state index contributed by atoms with van der Waals surface area (Å²) in [5.74, 6) is -0.649. The zero-order chi connectivity index (χ0) is 23.5. The summed E-state index contributed by atoms with van der Waals surface area (Å²) in [5, 5.41) is 11.0. The first-order chi connectivity index (χ1) is 15.8. The summed E-state index contributed by atoms with van der Waals surface area (Å²) >= 11 is 0. The second-order valence-corrected chi connectivity index (χ2v) is 7.42. The maximum absolute atomic E-state index is 12.3. The molecule has 8 nitrogen and oxygen atoms in total. The first kappa shape index (κ1) is 21.6. The number of carbonyl (C=O) groups excluding carboxylic acids is 2. The third kappa shape index (κ3) is 4.85. The van der Waals surface area contributed by atoms with Crippen LogP contribution in [0, 0.1) is 24.0 Å². The van der Waals surface area contributed by atoms with E-state index in [2.05, 4.69) is 4.99 Å². The van der Waals surface area contributed by atoms with Crippen LogP contribution in [0.25, 0.3) is 6.08 Å². The van der Waals surface area contributed by atoms with Crippen molar-refractivity contribution in [3.8, 4) is 5.75 Å². The topological polar surface area (TPSA) is 108 Å². The van der Waals surface area contributed by atoms with E-state index in [9.17, 15) is 19.7 Å². The van der Waals surface area contributed by atoms with Crippen LogP contribution in [0.1, 0.15) is 32.6 Å². The number of nitro groups is 1. The third-order valence-electron chi connectivity index (χ3n) is 4.91. The molecule has 4 rings (SSSR count). The molecule has 1 heterocycles. The number of aryl methyl sites for hydroxylation is 2. The molecule has 0 amide bonds. The highest BCUT2D eigenvalue weighted by Gasteiger charge is 2.25. The number of benzene rings is 3. The number of cyclic esters (lactones) is 1. The summed E-state index contributed by atoms with van der Waals surface area (Å²) < 4.78 is 10.6. The monoisotopic (exact) mass is 442 g/mol. The highest BCUT2D eigenvalue weighted by Crippen LogP contribution is 2.24. The zero-order valence-corrected chi connectivity index (χ0v) is 17.8. The van der Waals surface area contributed by atoms with Crippen molar-refractivity contribution >= 4 is 29.6 Å². The number of ether oxygens (including phenoxy) is 2. The van der Waals surface area contributed by atoms with Crippen molar-refractivity contribution in [2.45, 2.75) is 13.8 Å². The van der Waals surface area contributed by atoms with Crippen molar-refractivity contribution in [2.24, 2.45) is 4.99 Å². The van der Waals surface area contributed by atoms with Crippen LogP contribution in [0.3, 0.4) is 0 Å². The van der Waals surface area contributed by atoms with E-state index in [0.29, 0.717) is 28.0 Å². The summed E-state index contributed by atoms with van der Waals surface area (Å²) in [5.41, 5.74) is 3.03. The Labute approximate surface area is 189 Å². The van der Waals surface area contributed by atoms with Crippen LogP contribution < -0.4 is 4.74 Å². The smallest absolute Gasteiger partial charge is 0.363 e. The van der Waals surface area contributed by atoms with E-state index in [4.69, 9.17) is 9.47 Å². The predicted octanol–water partition coefficient (Wildman–Crippen LogP) is 4.78. The zero-order valence-electron chi connectivity index (χ0n) is 17.8. The van der Waals surface area contributed by atoms with Crippen molar-refractivity contribution in [3.63, 3.8) is 0 Å². The van der Waals surface area contributed by atoms with Gasteiger partial charge in [-0.1, -0.05) is 29.8 Å². The molecule has 0 aliphatic carbocycles. The fourth-order valence-corrected chi connectivity index (χ4v) is 3.25. The Bertz CT molecular complexity index is 1340. The maximum Gasteiger partial charge on any atom is 0.363 e. The Morgan fingerprint density at radius 2 is 1.82 bits per heavy atom. The summed E-state index contributed by atoms with van der Waals surface area (Å²) in [4.78, 5) is 39.2. The van der Waals surface area contributed by atoms with Crippen molar-refractivity contribution in [1.29, 1.82) is 0 Å². The van der Waals surface area contributed by atoms with E-state index < -0.39 is 16.9 Å². The van der Waals surface area contributed by atoms with E-state index >= 15 is 0 Å². The van der Waals surface area contributed by atoms with Crippen LogP contribution in [-0.4, -0.2) is 22.8 Å². The van der Waals surface area contributed by atoms with Crippen molar-refractivity contribution in [1.82, 2.24) is 0 Å². The molecule has 0 atom stereocenters. The van der Waals surface area contributed by atoms with Gasteiger partial charge in [0, 0.05) is 17.2 Å². The number of nitrogens with zero attached hydrogens (tertiary/aromatic N) is 2. The molecule has 0 N–H and O–H groups in total. The molecule has 164 valence electrons. The molecule has 0 bridgehead atoms. The molecule has 33 heavy (non-hydrogen) atoms. The largest absolute Gasteiger partial charge is 0.423 e. The van der Waals surface area contributed by atoms with Crippen molar-refractivity contribution in [3.05, 3.63) is 110 Å².